The van der Waals surface area contributed by atoms with E-state index in [2.05, 4.69) is 5.32 Å². The Morgan fingerprint density at radius 1 is 1.24 bits per heavy atom. The van der Waals surface area contributed by atoms with Crippen molar-refractivity contribution in [2.75, 3.05) is 19.4 Å². The van der Waals surface area contributed by atoms with Gasteiger partial charge in [-0.3, -0.25) is 9.59 Å². The second kappa shape index (κ2) is 6.72. The number of likely N-dealkylation sites (N-methyl/N-ethyl adjacent to an activating group) is 1. The molecule has 1 aromatic carbocycles. The fourth-order valence-corrected chi connectivity index (χ4v) is 2.59. The zero-order chi connectivity index (χ0) is 15.4. The molecule has 3 N–H and O–H groups in total. The molecule has 1 aromatic rings. The average Bonchev–Trinajstić information content (AvgIpc) is 2.87. The number of nitrogens with two attached hydrogens (primary N) is 1. The SMILES string of the molecule is CN(C)C(=O)Cc1ccc(NC(=O)C2CCCC2N)cc1. The lowest BCUT2D eigenvalue weighted by Crippen LogP contribution is -2.34. The van der Waals surface area contributed by atoms with E-state index in [1.54, 1.807) is 19.0 Å². The van der Waals surface area contributed by atoms with Gasteiger partial charge in [0.1, 0.15) is 0 Å². The third kappa shape index (κ3) is 4.04. The van der Waals surface area contributed by atoms with Gasteiger partial charge in [-0.15, -0.1) is 0 Å². The Hall–Kier alpha value is -1.88. The van der Waals surface area contributed by atoms with Crippen molar-refractivity contribution in [1.82, 2.24) is 4.90 Å². The van der Waals surface area contributed by atoms with E-state index in [-0.39, 0.29) is 23.8 Å². The molecule has 5 heteroatoms. The molecule has 5 nitrogen and oxygen atoms in total. The van der Waals surface area contributed by atoms with Crippen molar-refractivity contribution in [3.63, 3.8) is 0 Å². The summed E-state index contributed by atoms with van der Waals surface area (Å²) in [6, 6.07) is 7.37. The summed E-state index contributed by atoms with van der Waals surface area (Å²) in [5.74, 6) is -0.0270. The van der Waals surface area contributed by atoms with E-state index in [1.165, 1.54) is 0 Å². The molecule has 2 rings (SSSR count). The fraction of sp³-hybridized carbons (Fsp3) is 0.500. The highest BCUT2D eigenvalue weighted by Crippen LogP contribution is 2.25. The quantitative estimate of drug-likeness (QED) is 0.879. The van der Waals surface area contributed by atoms with E-state index < -0.39 is 0 Å². The van der Waals surface area contributed by atoms with Crippen LogP contribution in [-0.2, 0) is 16.0 Å². The summed E-state index contributed by atoms with van der Waals surface area (Å²) in [5, 5.41) is 2.90. The summed E-state index contributed by atoms with van der Waals surface area (Å²) in [6.07, 6.45) is 3.17. The number of benzene rings is 1. The van der Waals surface area contributed by atoms with Gasteiger partial charge in [0.15, 0.2) is 0 Å². The van der Waals surface area contributed by atoms with Crippen molar-refractivity contribution >= 4 is 17.5 Å². The van der Waals surface area contributed by atoms with Crippen molar-refractivity contribution in [3.05, 3.63) is 29.8 Å². The molecule has 0 bridgehead atoms. The van der Waals surface area contributed by atoms with Crippen molar-refractivity contribution < 1.29 is 9.59 Å². The molecule has 2 atom stereocenters. The van der Waals surface area contributed by atoms with Crippen LogP contribution in [0.2, 0.25) is 0 Å². The van der Waals surface area contributed by atoms with Crippen molar-refractivity contribution in [2.45, 2.75) is 31.7 Å². The molecule has 0 spiro atoms. The number of hydrogen-bond acceptors (Lipinski definition) is 3. The third-order valence-electron chi connectivity index (χ3n) is 3.98. The van der Waals surface area contributed by atoms with Gasteiger partial charge >= 0.3 is 0 Å². The molecule has 0 aliphatic heterocycles. The summed E-state index contributed by atoms with van der Waals surface area (Å²) in [5.41, 5.74) is 7.62. The van der Waals surface area contributed by atoms with Gasteiger partial charge in [0.2, 0.25) is 11.8 Å². The maximum Gasteiger partial charge on any atom is 0.229 e. The van der Waals surface area contributed by atoms with Gasteiger partial charge in [-0.05, 0) is 30.5 Å². The number of nitrogens with zero attached hydrogens (tertiary/aromatic N) is 1. The summed E-state index contributed by atoms with van der Waals surface area (Å²) in [4.78, 5) is 25.3. The lowest BCUT2D eigenvalue weighted by atomic mass is 10.0. The van der Waals surface area contributed by atoms with E-state index in [0.717, 1.165) is 30.5 Å². The molecular weight excluding hydrogens is 266 g/mol. The summed E-state index contributed by atoms with van der Waals surface area (Å²) in [7, 11) is 3.48. The minimum absolute atomic E-state index is 0.00267. The molecule has 1 fully saturated rings. The van der Waals surface area contributed by atoms with Gasteiger partial charge in [-0.2, -0.15) is 0 Å². The Morgan fingerprint density at radius 3 is 2.43 bits per heavy atom. The first-order valence-electron chi connectivity index (χ1n) is 7.33. The molecule has 1 saturated carbocycles. The Kier molecular flexibility index (Phi) is 4.96. The molecule has 0 aromatic heterocycles. The van der Waals surface area contributed by atoms with Crippen LogP contribution in [0.4, 0.5) is 5.69 Å². The van der Waals surface area contributed by atoms with Gasteiger partial charge in [-0.25, -0.2) is 0 Å². The molecule has 0 heterocycles. The van der Waals surface area contributed by atoms with Crippen LogP contribution in [0.1, 0.15) is 24.8 Å². The topological polar surface area (TPSA) is 75.4 Å². The molecule has 1 aliphatic carbocycles. The number of hydrogen-bond donors (Lipinski definition) is 2. The smallest absolute Gasteiger partial charge is 0.229 e. The molecule has 21 heavy (non-hydrogen) atoms. The number of anilines is 1. The van der Waals surface area contributed by atoms with Crippen LogP contribution in [0.15, 0.2) is 24.3 Å². The van der Waals surface area contributed by atoms with Crippen LogP contribution in [0.25, 0.3) is 0 Å². The van der Waals surface area contributed by atoms with E-state index in [1.807, 2.05) is 24.3 Å². The lowest BCUT2D eigenvalue weighted by molar-refractivity contribution is -0.128. The van der Waals surface area contributed by atoms with Gasteiger partial charge in [0, 0.05) is 25.8 Å². The molecular formula is C16H23N3O2. The minimum Gasteiger partial charge on any atom is -0.349 e. The summed E-state index contributed by atoms with van der Waals surface area (Å²) >= 11 is 0. The molecule has 1 aliphatic rings. The average molecular weight is 289 g/mol. The molecule has 2 amide bonds. The second-order valence-electron chi connectivity index (χ2n) is 5.85. The number of rotatable bonds is 4. The predicted octanol–water partition coefficient (Wildman–Crippen LogP) is 1.38. The van der Waals surface area contributed by atoms with Gasteiger partial charge < -0.3 is 16.0 Å². The second-order valence-corrected chi connectivity index (χ2v) is 5.85. The molecule has 2 unspecified atom stereocenters. The lowest BCUT2D eigenvalue weighted by Gasteiger charge is -2.15. The van der Waals surface area contributed by atoms with Gasteiger partial charge in [-0.1, -0.05) is 18.6 Å². The zero-order valence-electron chi connectivity index (χ0n) is 12.6. The molecule has 0 radical (unpaired) electrons. The van der Waals surface area contributed by atoms with Crippen molar-refractivity contribution in [2.24, 2.45) is 11.7 Å². The van der Waals surface area contributed by atoms with Crippen LogP contribution in [-0.4, -0.2) is 36.9 Å². The van der Waals surface area contributed by atoms with Gasteiger partial charge in [0.05, 0.1) is 12.3 Å². The van der Waals surface area contributed by atoms with Crippen LogP contribution >= 0.6 is 0 Å². The van der Waals surface area contributed by atoms with Gasteiger partial charge in [0.25, 0.3) is 0 Å². The number of nitrogens with one attached hydrogen (secondary N) is 1. The number of carbonyl (C=O) groups excluding carboxylic acids is 2. The maximum atomic E-state index is 12.1. The highest BCUT2D eigenvalue weighted by Gasteiger charge is 2.30. The highest BCUT2D eigenvalue weighted by atomic mass is 16.2. The third-order valence-corrected chi connectivity index (χ3v) is 3.98. The monoisotopic (exact) mass is 289 g/mol. The number of carbonyl (C=O) groups is 2. The number of amides is 2. The minimum atomic E-state index is -0.0833. The first kappa shape index (κ1) is 15.5. The van der Waals surface area contributed by atoms with E-state index in [4.69, 9.17) is 5.73 Å². The van der Waals surface area contributed by atoms with Crippen molar-refractivity contribution in [3.8, 4) is 0 Å². The maximum absolute atomic E-state index is 12.1. The Labute approximate surface area is 125 Å². The molecule has 114 valence electrons. The van der Waals surface area contributed by atoms with E-state index >= 15 is 0 Å². The van der Waals surface area contributed by atoms with Crippen LogP contribution < -0.4 is 11.1 Å². The first-order valence-corrected chi connectivity index (χ1v) is 7.33. The Balaban J connectivity index is 1.93. The van der Waals surface area contributed by atoms with Crippen LogP contribution in [0, 0.1) is 5.92 Å². The van der Waals surface area contributed by atoms with Crippen molar-refractivity contribution in [1.29, 1.82) is 0 Å². The molecule has 0 saturated heterocycles. The van der Waals surface area contributed by atoms with Crippen LogP contribution in [0.3, 0.4) is 0 Å². The first-order chi connectivity index (χ1) is 9.97. The zero-order valence-corrected chi connectivity index (χ0v) is 12.6. The summed E-state index contributed by atoms with van der Waals surface area (Å²) < 4.78 is 0. The Bertz CT molecular complexity index is 511. The van der Waals surface area contributed by atoms with E-state index in [0.29, 0.717) is 6.42 Å². The normalized spacial score (nSPS) is 21.1. The standard InChI is InChI=1S/C16H23N3O2/c1-19(2)15(20)10-11-6-8-12(9-7-11)18-16(21)13-4-3-5-14(13)17/h6-9,13-14H,3-5,10,17H2,1-2H3,(H,18,21). The van der Waals surface area contributed by atoms with E-state index in [9.17, 15) is 9.59 Å². The predicted molar refractivity (Wildman–Crippen MR) is 82.8 cm³/mol. The fourth-order valence-electron chi connectivity index (χ4n) is 2.59. The van der Waals surface area contributed by atoms with Crippen LogP contribution in [0.5, 0.6) is 0 Å². The highest BCUT2D eigenvalue weighted by molar-refractivity contribution is 5.93. The Morgan fingerprint density at radius 2 is 1.90 bits per heavy atom. The largest absolute Gasteiger partial charge is 0.349 e. The summed E-state index contributed by atoms with van der Waals surface area (Å²) in [6.45, 7) is 0.